The van der Waals surface area contributed by atoms with E-state index < -0.39 is 5.72 Å². The van der Waals surface area contributed by atoms with Gasteiger partial charge in [0.1, 0.15) is 0 Å². The lowest BCUT2D eigenvalue weighted by Crippen LogP contribution is -2.65. The van der Waals surface area contributed by atoms with Crippen LogP contribution in [0.25, 0.3) is 0 Å². The molecule has 2 aliphatic rings. The Hall–Kier alpha value is -2.21. The number of hydrogen-bond donors (Lipinski definition) is 1. The Labute approximate surface area is 155 Å². The number of carbonyl (C=O) groups is 1. The number of halogens is 1. The number of fused-ring (bicyclic) bond motifs is 4. The molecule has 130 valence electrons. The zero-order valence-corrected chi connectivity index (χ0v) is 15.9. The molecule has 2 atom stereocenters. The molecule has 0 unspecified atom stereocenters. The Kier molecular flexibility index (Phi) is 3.68. The van der Waals surface area contributed by atoms with Gasteiger partial charge in [-0.3, -0.25) is 4.90 Å². The summed E-state index contributed by atoms with van der Waals surface area (Å²) in [6, 6.07) is 11.4. The van der Waals surface area contributed by atoms with Crippen LogP contribution in [0.15, 0.2) is 40.9 Å². The average Bonchev–Trinajstić information content (AvgIpc) is 2.56. The summed E-state index contributed by atoms with van der Waals surface area (Å²) in [7, 11) is 1.62. The molecule has 6 heteroatoms. The second-order valence-corrected chi connectivity index (χ2v) is 7.60. The van der Waals surface area contributed by atoms with Crippen LogP contribution < -0.4 is 19.7 Å². The van der Waals surface area contributed by atoms with Crippen molar-refractivity contribution in [2.45, 2.75) is 32.0 Å². The highest BCUT2D eigenvalue weighted by atomic mass is 79.9. The molecule has 0 saturated carbocycles. The van der Waals surface area contributed by atoms with Gasteiger partial charge >= 0.3 is 6.03 Å². The van der Waals surface area contributed by atoms with E-state index in [0.29, 0.717) is 17.9 Å². The maximum absolute atomic E-state index is 12.8. The average molecular weight is 403 g/mol. The van der Waals surface area contributed by atoms with Crippen LogP contribution in [0.5, 0.6) is 11.5 Å². The van der Waals surface area contributed by atoms with E-state index in [-0.39, 0.29) is 12.1 Å². The summed E-state index contributed by atoms with van der Waals surface area (Å²) in [6.07, 6.45) is 0.652. The molecule has 2 bridgehead atoms. The number of hydrogen-bond acceptors (Lipinski definition) is 3. The number of carbonyl (C=O) groups excluding carboxylic acids is 1. The normalized spacial score (nSPS) is 24.2. The van der Waals surface area contributed by atoms with Crippen molar-refractivity contribution >= 4 is 27.6 Å². The molecule has 0 spiro atoms. The third-order valence-electron chi connectivity index (χ3n) is 4.81. The molecule has 2 amide bonds. The maximum Gasteiger partial charge on any atom is 0.325 e. The first-order valence-corrected chi connectivity index (χ1v) is 8.94. The summed E-state index contributed by atoms with van der Waals surface area (Å²) in [5, 5.41) is 3.10. The first kappa shape index (κ1) is 16.3. The summed E-state index contributed by atoms with van der Waals surface area (Å²) >= 11 is 3.50. The summed E-state index contributed by atoms with van der Waals surface area (Å²) in [5.41, 5.74) is 2.10. The molecule has 4 rings (SSSR count). The Balaban J connectivity index is 1.82. The van der Waals surface area contributed by atoms with Gasteiger partial charge in [0, 0.05) is 22.1 Å². The predicted molar refractivity (Wildman–Crippen MR) is 99.3 cm³/mol. The fourth-order valence-electron chi connectivity index (χ4n) is 3.64. The van der Waals surface area contributed by atoms with Gasteiger partial charge in [-0.1, -0.05) is 33.6 Å². The second-order valence-electron chi connectivity index (χ2n) is 6.68. The molecule has 1 saturated heterocycles. The molecule has 0 aromatic heterocycles. The molecule has 25 heavy (non-hydrogen) atoms. The molecule has 0 radical (unpaired) electrons. The summed E-state index contributed by atoms with van der Waals surface area (Å²) in [6.45, 7) is 3.97. The number of aryl methyl sites for hydroxylation is 1. The second kappa shape index (κ2) is 5.66. The molecular weight excluding hydrogens is 384 g/mol. The molecule has 2 aliphatic heterocycles. The van der Waals surface area contributed by atoms with Gasteiger partial charge in [0.2, 0.25) is 0 Å². The number of nitrogens with one attached hydrogen (secondary N) is 1. The lowest BCUT2D eigenvalue weighted by atomic mass is 9.90. The SMILES string of the molecule is COc1cc(Br)cc2c1O[C@@]1(C)C[C@H]2NC(=O)N1c1ccc(C)cc1. The zero-order chi connectivity index (χ0) is 17.8. The van der Waals surface area contributed by atoms with Gasteiger partial charge in [-0.05, 0) is 38.1 Å². The highest BCUT2D eigenvalue weighted by Gasteiger charge is 2.50. The van der Waals surface area contributed by atoms with Gasteiger partial charge in [-0.25, -0.2) is 4.79 Å². The fraction of sp³-hybridized carbons (Fsp3) is 0.316. The molecule has 1 N–H and O–H groups in total. The Morgan fingerprint density at radius 2 is 2.04 bits per heavy atom. The van der Waals surface area contributed by atoms with Crippen LogP contribution >= 0.6 is 15.9 Å². The van der Waals surface area contributed by atoms with Gasteiger partial charge in [0.15, 0.2) is 17.2 Å². The van der Waals surface area contributed by atoms with Gasteiger partial charge < -0.3 is 14.8 Å². The topological polar surface area (TPSA) is 50.8 Å². The number of nitrogens with zero attached hydrogens (tertiary/aromatic N) is 1. The highest BCUT2D eigenvalue weighted by Crippen LogP contribution is 2.50. The Bertz CT molecular complexity index is 852. The number of urea groups is 1. The summed E-state index contributed by atoms with van der Waals surface area (Å²) in [4.78, 5) is 14.5. The van der Waals surface area contributed by atoms with Crippen molar-refractivity contribution < 1.29 is 14.3 Å². The standard InChI is InChI=1S/C19H19BrN2O3/c1-11-4-6-13(7-5-11)22-18(23)21-15-10-19(22,2)25-17-14(15)8-12(20)9-16(17)24-3/h4-9,15H,10H2,1-3H3,(H,21,23)/t15-,19+/m1/s1. The first-order chi connectivity index (χ1) is 11.9. The van der Waals surface area contributed by atoms with Gasteiger partial charge in [0.25, 0.3) is 0 Å². The van der Waals surface area contributed by atoms with Gasteiger partial charge in [0.05, 0.1) is 13.2 Å². The van der Waals surface area contributed by atoms with Crippen LogP contribution in [-0.4, -0.2) is 18.9 Å². The first-order valence-electron chi connectivity index (χ1n) is 8.15. The zero-order valence-electron chi connectivity index (χ0n) is 14.3. The van der Waals surface area contributed by atoms with Crippen molar-refractivity contribution in [1.29, 1.82) is 0 Å². The molecule has 5 nitrogen and oxygen atoms in total. The van der Waals surface area contributed by atoms with E-state index in [1.165, 1.54) is 0 Å². The van der Waals surface area contributed by atoms with E-state index >= 15 is 0 Å². The van der Waals surface area contributed by atoms with Gasteiger partial charge in [-0.2, -0.15) is 0 Å². The van der Waals surface area contributed by atoms with Crippen molar-refractivity contribution in [3.63, 3.8) is 0 Å². The largest absolute Gasteiger partial charge is 0.493 e. The van der Waals surface area contributed by atoms with E-state index in [4.69, 9.17) is 9.47 Å². The third-order valence-corrected chi connectivity index (χ3v) is 5.27. The molecular formula is C19H19BrN2O3. The van der Waals surface area contributed by atoms with Crippen molar-refractivity contribution in [3.8, 4) is 11.5 Å². The molecule has 0 aliphatic carbocycles. The Morgan fingerprint density at radius 1 is 1.32 bits per heavy atom. The number of rotatable bonds is 2. The third kappa shape index (κ3) is 2.56. The number of methoxy groups -OCH3 is 1. The number of ether oxygens (including phenoxy) is 2. The van der Waals surface area contributed by atoms with Crippen molar-refractivity contribution in [2.24, 2.45) is 0 Å². The van der Waals surface area contributed by atoms with E-state index in [2.05, 4.69) is 21.2 Å². The lowest BCUT2D eigenvalue weighted by Gasteiger charge is -2.50. The molecule has 2 aromatic rings. The molecule has 2 heterocycles. The fourth-order valence-corrected chi connectivity index (χ4v) is 4.09. The van der Waals surface area contributed by atoms with Crippen LogP contribution in [0, 0.1) is 6.92 Å². The minimum Gasteiger partial charge on any atom is -0.493 e. The van der Waals surface area contributed by atoms with Crippen LogP contribution in [0.2, 0.25) is 0 Å². The van der Waals surface area contributed by atoms with E-state index in [1.807, 2.05) is 50.2 Å². The lowest BCUT2D eigenvalue weighted by molar-refractivity contribution is 0.0349. The predicted octanol–water partition coefficient (Wildman–Crippen LogP) is 4.54. The van der Waals surface area contributed by atoms with E-state index in [9.17, 15) is 4.79 Å². The number of benzene rings is 2. The minimum atomic E-state index is -0.781. The van der Waals surface area contributed by atoms with Crippen LogP contribution in [0.4, 0.5) is 10.5 Å². The highest BCUT2D eigenvalue weighted by molar-refractivity contribution is 9.10. The molecule has 2 aromatic carbocycles. The van der Waals surface area contributed by atoms with Crippen molar-refractivity contribution in [3.05, 3.63) is 52.0 Å². The summed E-state index contributed by atoms with van der Waals surface area (Å²) < 4.78 is 12.7. The van der Waals surface area contributed by atoms with Crippen molar-refractivity contribution in [2.75, 3.05) is 12.0 Å². The molecule has 1 fully saturated rings. The monoisotopic (exact) mass is 402 g/mol. The number of anilines is 1. The van der Waals surface area contributed by atoms with Crippen molar-refractivity contribution in [1.82, 2.24) is 5.32 Å². The van der Waals surface area contributed by atoms with Crippen LogP contribution in [0.3, 0.4) is 0 Å². The quantitative estimate of drug-likeness (QED) is 0.802. The van der Waals surface area contributed by atoms with Crippen LogP contribution in [0.1, 0.15) is 30.5 Å². The number of amides is 2. The summed E-state index contributed by atoms with van der Waals surface area (Å²) in [5.74, 6) is 1.34. The van der Waals surface area contributed by atoms with E-state index in [0.717, 1.165) is 21.3 Å². The van der Waals surface area contributed by atoms with Crippen LogP contribution in [-0.2, 0) is 0 Å². The van der Waals surface area contributed by atoms with Gasteiger partial charge in [-0.15, -0.1) is 0 Å². The van der Waals surface area contributed by atoms with E-state index in [1.54, 1.807) is 12.0 Å². The minimum absolute atomic E-state index is 0.116. The smallest absolute Gasteiger partial charge is 0.325 e. The Morgan fingerprint density at radius 3 is 2.72 bits per heavy atom. The maximum atomic E-state index is 12.8.